The summed E-state index contributed by atoms with van der Waals surface area (Å²) < 4.78 is 10.9. The Morgan fingerprint density at radius 3 is 2.38 bits per heavy atom. The fourth-order valence-corrected chi connectivity index (χ4v) is 4.55. The minimum absolute atomic E-state index is 0.0860. The number of aliphatic hydroxyl groups excluding tert-OH is 1. The lowest BCUT2D eigenvalue weighted by atomic mass is 9.95. The van der Waals surface area contributed by atoms with Crippen molar-refractivity contribution in [3.63, 3.8) is 0 Å². The quantitative estimate of drug-likeness (QED) is 0.348. The smallest absolute Gasteiger partial charge is 0.295 e. The molecule has 2 fully saturated rings. The SMILES string of the molecule is CCOc1ccc([C@H]2/C(=C(\O)c3ccc(Cl)cc3)C(=O)C(=O)N2CCCN2CCOCC2)cc1. The molecule has 4 rings (SSSR count). The van der Waals surface area contributed by atoms with Crippen molar-refractivity contribution < 1.29 is 24.2 Å². The molecule has 0 bridgehead atoms. The fraction of sp³-hybridized carbons (Fsp3) is 0.385. The monoisotopic (exact) mass is 484 g/mol. The van der Waals surface area contributed by atoms with Crippen molar-refractivity contribution in [2.45, 2.75) is 19.4 Å². The highest BCUT2D eigenvalue weighted by Gasteiger charge is 2.45. The van der Waals surface area contributed by atoms with Gasteiger partial charge in [0.25, 0.3) is 11.7 Å². The summed E-state index contributed by atoms with van der Waals surface area (Å²) in [5.41, 5.74) is 1.26. The lowest BCUT2D eigenvalue weighted by Crippen LogP contribution is -2.38. The van der Waals surface area contributed by atoms with E-state index in [1.54, 1.807) is 29.2 Å². The van der Waals surface area contributed by atoms with Gasteiger partial charge in [-0.25, -0.2) is 0 Å². The Labute approximate surface area is 204 Å². The number of benzene rings is 2. The molecule has 8 heteroatoms. The molecule has 0 radical (unpaired) electrons. The highest BCUT2D eigenvalue weighted by Crippen LogP contribution is 2.40. The van der Waals surface area contributed by atoms with Crippen LogP contribution in [0.2, 0.25) is 5.02 Å². The van der Waals surface area contributed by atoms with E-state index in [0.717, 1.165) is 25.2 Å². The number of amides is 1. The minimum Gasteiger partial charge on any atom is -0.507 e. The number of morpholine rings is 1. The number of likely N-dealkylation sites (tertiary alicyclic amines) is 1. The summed E-state index contributed by atoms with van der Waals surface area (Å²) in [5, 5.41) is 11.6. The molecule has 2 aliphatic heterocycles. The number of aliphatic hydroxyl groups is 1. The van der Waals surface area contributed by atoms with Gasteiger partial charge in [0.15, 0.2) is 0 Å². The van der Waals surface area contributed by atoms with Crippen LogP contribution in [0.15, 0.2) is 54.1 Å². The van der Waals surface area contributed by atoms with Crippen LogP contribution in [0.25, 0.3) is 5.76 Å². The third-order valence-electron chi connectivity index (χ3n) is 6.14. The van der Waals surface area contributed by atoms with Crippen molar-refractivity contribution in [3.8, 4) is 5.75 Å². The van der Waals surface area contributed by atoms with E-state index in [-0.39, 0.29) is 11.3 Å². The molecule has 2 aromatic rings. The summed E-state index contributed by atoms with van der Waals surface area (Å²) in [7, 11) is 0. The second-order valence-electron chi connectivity index (χ2n) is 8.31. The molecule has 0 aliphatic carbocycles. The molecule has 7 nitrogen and oxygen atoms in total. The summed E-state index contributed by atoms with van der Waals surface area (Å²) >= 11 is 5.99. The van der Waals surface area contributed by atoms with Crippen LogP contribution in [0.3, 0.4) is 0 Å². The maximum atomic E-state index is 13.1. The standard InChI is InChI=1S/C26H29ClN2O5/c1-2-34-21-10-6-18(7-11-21)23-22(24(30)19-4-8-20(27)9-5-19)25(31)26(32)29(23)13-3-12-28-14-16-33-17-15-28/h4-11,23,30H,2-3,12-17H2,1H3/b24-22+/t23-/m0/s1. The summed E-state index contributed by atoms with van der Waals surface area (Å²) in [6.45, 7) is 6.78. The molecule has 2 saturated heterocycles. The molecule has 2 aromatic carbocycles. The van der Waals surface area contributed by atoms with Crippen LogP contribution in [-0.2, 0) is 14.3 Å². The van der Waals surface area contributed by atoms with Gasteiger partial charge < -0.3 is 19.5 Å². The van der Waals surface area contributed by atoms with Gasteiger partial charge in [0.05, 0.1) is 31.4 Å². The summed E-state index contributed by atoms with van der Waals surface area (Å²) in [6, 6.07) is 13.2. The number of ketones is 1. The number of hydrogen-bond acceptors (Lipinski definition) is 6. The Hall–Kier alpha value is -2.87. The van der Waals surface area contributed by atoms with Gasteiger partial charge in [-0.05, 0) is 55.3 Å². The highest BCUT2D eigenvalue weighted by atomic mass is 35.5. The number of carbonyl (C=O) groups excluding carboxylic acids is 2. The van der Waals surface area contributed by atoms with E-state index in [2.05, 4.69) is 4.90 Å². The Morgan fingerprint density at radius 1 is 1.06 bits per heavy atom. The average molecular weight is 485 g/mol. The number of rotatable bonds is 8. The Balaban J connectivity index is 1.66. The number of halogens is 1. The lowest BCUT2D eigenvalue weighted by Gasteiger charge is -2.29. The zero-order valence-corrected chi connectivity index (χ0v) is 20.0. The average Bonchev–Trinajstić information content (AvgIpc) is 3.10. The topological polar surface area (TPSA) is 79.3 Å². The van der Waals surface area contributed by atoms with Crippen LogP contribution in [-0.4, -0.2) is 72.6 Å². The second-order valence-corrected chi connectivity index (χ2v) is 8.75. The van der Waals surface area contributed by atoms with Gasteiger partial charge in [0.1, 0.15) is 11.5 Å². The molecular formula is C26H29ClN2O5. The van der Waals surface area contributed by atoms with Crippen molar-refractivity contribution in [2.75, 3.05) is 46.0 Å². The zero-order chi connectivity index (χ0) is 24.1. The van der Waals surface area contributed by atoms with Crippen LogP contribution < -0.4 is 4.74 Å². The van der Waals surface area contributed by atoms with Crippen molar-refractivity contribution in [1.29, 1.82) is 0 Å². The third kappa shape index (κ3) is 5.27. The van der Waals surface area contributed by atoms with Gasteiger partial charge in [-0.3, -0.25) is 14.5 Å². The van der Waals surface area contributed by atoms with Crippen LogP contribution >= 0.6 is 11.6 Å². The first-order valence-electron chi connectivity index (χ1n) is 11.6. The Bertz CT molecular complexity index is 1050. The maximum Gasteiger partial charge on any atom is 0.295 e. The molecule has 34 heavy (non-hydrogen) atoms. The van der Waals surface area contributed by atoms with Gasteiger partial charge in [0, 0.05) is 36.8 Å². The Morgan fingerprint density at radius 2 is 1.74 bits per heavy atom. The van der Waals surface area contributed by atoms with Crippen molar-refractivity contribution in [2.24, 2.45) is 0 Å². The Kier molecular flexibility index (Phi) is 7.88. The first kappa shape index (κ1) is 24.3. The molecule has 180 valence electrons. The highest BCUT2D eigenvalue weighted by molar-refractivity contribution is 6.46. The molecule has 1 atom stereocenters. The molecule has 2 aliphatic rings. The molecule has 0 spiro atoms. The lowest BCUT2D eigenvalue weighted by molar-refractivity contribution is -0.140. The van der Waals surface area contributed by atoms with Crippen LogP contribution in [0.5, 0.6) is 5.75 Å². The molecule has 1 amide bonds. The van der Waals surface area contributed by atoms with Crippen LogP contribution in [0.1, 0.15) is 30.5 Å². The van der Waals surface area contributed by atoms with Gasteiger partial charge in [-0.15, -0.1) is 0 Å². The van der Waals surface area contributed by atoms with Gasteiger partial charge in [-0.2, -0.15) is 0 Å². The van der Waals surface area contributed by atoms with E-state index in [0.29, 0.717) is 49.1 Å². The number of nitrogens with zero attached hydrogens (tertiary/aromatic N) is 2. The fourth-order valence-electron chi connectivity index (χ4n) is 4.42. The molecule has 2 heterocycles. The first-order chi connectivity index (χ1) is 16.5. The molecule has 1 N–H and O–H groups in total. The van der Waals surface area contributed by atoms with E-state index in [1.165, 1.54) is 0 Å². The van der Waals surface area contributed by atoms with Crippen molar-refractivity contribution in [1.82, 2.24) is 9.80 Å². The first-order valence-corrected chi connectivity index (χ1v) is 11.9. The van der Waals surface area contributed by atoms with Crippen molar-refractivity contribution >= 4 is 29.1 Å². The van der Waals surface area contributed by atoms with Crippen LogP contribution in [0.4, 0.5) is 0 Å². The van der Waals surface area contributed by atoms with Gasteiger partial charge >= 0.3 is 0 Å². The number of carbonyl (C=O) groups is 2. The van der Waals surface area contributed by atoms with E-state index in [4.69, 9.17) is 21.1 Å². The van der Waals surface area contributed by atoms with Crippen LogP contribution in [0, 0.1) is 0 Å². The molecule has 0 saturated carbocycles. The third-order valence-corrected chi connectivity index (χ3v) is 6.39. The second kappa shape index (κ2) is 11.0. The normalized spacial score (nSPS) is 20.6. The minimum atomic E-state index is -0.684. The van der Waals surface area contributed by atoms with E-state index >= 15 is 0 Å². The summed E-state index contributed by atoms with van der Waals surface area (Å²) in [4.78, 5) is 30.1. The summed E-state index contributed by atoms with van der Waals surface area (Å²) in [5.74, 6) is -0.785. The molecule has 0 aromatic heterocycles. The van der Waals surface area contributed by atoms with E-state index in [1.807, 2.05) is 31.2 Å². The molecule has 0 unspecified atom stereocenters. The van der Waals surface area contributed by atoms with Crippen molar-refractivity contribution in [3.05, 3.63) is 70.3 Å². The molecular weight excluding hydrogens is 456 g/mol. The van der Waals surface area contributed by atoms with E-state index in [9.17, 15) is 14.7 Å². The maximum absolute atomic E-state index is 13.1. The van der Waals surface area contributed by atoms with Gasteiger partial charge in [0.2, 0.25) is 0 Å². The number of ether oxygens (including phenoxy) is 2. The largest absolute Gasteiger partial charge is 0.507 e. The number of Topliss-reactive ketones (excluding diaryl/α,β-unsaturated/α-hetero) is 1. The van der Waals surface area contributed by atoms with Gasteiger partial charge in [-0.1, -0.05) is 23.7 Å². The summed E-state index contributed by atoms with van der Waals surface area (Å²) in [6.07, 6.45) is 0.710. The number of hydrogen-bond donors (Lipinski definition) is 1. The predicted octanol–water partition coefficient (Wildman–Crippen LogP) is 3.88. The van der Waals surface area contributed by atoms with E-state index < -0.39 is 17.7 Å². The zero-order valence-electron chi connectivity index (χ0n) is 19.2. The predicted molar refractivity (Wildman–Crippen MR) is 130 cm³/mol.